The van der Waals surface area contributed by atoms with E-state index in [4.69, 9.17) is 0 Å². The van der Waals surface area contributed by atoms with Crippen molar-refractivity contribution in [1.29, 1.82) is 0 Å². The van der Waals surface area contributed by atoms with E-state index in [-0.39, 0.29) is 0 Å². The normalized spacial score (nSPS) is 12.9. The van der Waals surface area contributed by atoms with Gasteiger partial charge >= 0.3 is 0 Å². The van der Waals surface area contributed by atoms with Gasteiger partial charge in [-0.1, -0.05) is 32.0 Å². The van der Waals surface area contributed by atoms with Crippen LogP contribution in [0.25, 0.3) is 10.9 Å². The topological polar surface area (TPSA) is 37.8 Å². The molecular formula is C15H21N3. The summed E-state index contributed by atoms with van der Waals surface area (Å²) < 4.78 is 0. The molecule has 0 bridgehead atoms. The Kier molecular flexibility index (Phi) is 4.13. The number of benzene rings is 1. The molecule has 96 valence electrons. The highest BCUT2D eigenvalue weighted by atomic mass is 15.1. The van der Waals surface area contributed by atoms with Gasteiger partial charge in [0.05, 0.1) is 5.52 Å². The molecule has 3 nitrogen and oxygen atoms in total. The fourth-order valence-corrected chi connectivity index (χ4v) is 1.92. The highest BCUT2D eigenvalue weighted by Crippen LogP contribution is 2.14. The molecule has 0 fully saturated rings. The zero-order valence-corrected chi connectivity index (χ0v) is 11.4. The van der Waals surface area contributed by atoms with E-state index in [2.05, 4.69) is 36.1 Å². The van der Waals surface area contributed by atoms with Crippen LogP contribution in [0.4, 0.5) is 5.95 Å². The van der Waals surface area contributed by atoms with Crippen molar-refractivity contribution in [2.45, 2.75) is 39.7 Å². The van der Waals surface area contributed by atoms with Gasteiger partial charge in [0.15, 0.2) is 0 Å². The smallest absolute Gasteiger partial charge is 0.223 e. The number of anilines is 1. The molecule has 1 aromatic carbocycles. The summed E-state index contributed by atoms with van der Waals surface area (Å²) in [6.07, 6.45) is 4.25. The second-order valence-electron chi connectivity index (χ2n) is 5.27. The maximum atomic E-state index is 4.52. The third kappa shape index (κ3) is 3.42. The highest BCUT2D eigenvalue weighted by molar-refractivity contribution is 5.78. The van der Waals surface area contributed by atoms with E-state index in [1.807, 2.05) is 30.5 Å². The Bertz CT molecular complexity index is 508. The summed E-state index contributed by atoms with van der Waals surface area (Å²) in [4.78, 5) is 8.87. The van der Waals surface area contributed by atoms with Gasteiger partial charge in [0, 0.05) is 17.6 Å². The van der Waals surface area contributed by atoms with E-state index in [9.17, 15) is 0 Å². The van der Waals surface area contributed by atoms with E-state index < -0.39 is 0 Å². The minimum absolute atomic E-state index is 0.411. The van der Waals surface area contributed by atoms with Crippen LogP contribution in [0, 0.1) is 5.92 Å². The molecule has 1 heterocycles. The van der Waals surface area contributed by atoms with E-state index in [1.165, 1.54) is 6.42 Å². The molecule has 0 saturated heterocycles. The van der Waals surface area contributed by atoms with Gasteiger partial charge in [-0.05, 0) is 31.7 Å². The third-order valence-electron chi connectivity index (χ3n) is 3.04. The van der Waals surface area contributed by atoms with Crippen LogP contribution in [0.15, 0.2) is 30.5 Å². The van der Waals surface area contributed by atoms with Gasteiger partial charge in [-0.25, -0.2) is 9.97 Å². The van der Waals surface area contributed by atoms with Crippen LogP contribution in [0.5, 0.6) is 0 Å². The number of nitrogens with zero attached hydrogens (tertiary/aromatic N) is 2. The van der Waals surface area contributed by atoms with Crippen molar-refractivity contribution in [2.24, 2.45) is 5.92 Å². The van der Waals surface area contributed by atoms with E-state index in [0.717, 1.165) is 29.2 Å². The first-order valence-electron chi connectivity index (χ1n) is 6.63. The van der Waals surface area contributed by atoms with Crippen molar-refractivity contribution in [2.75, 3.05) is 5.32 Å². The number of rotatable bonds is 5. The molecule has 0 saturated carbocycles. The lowest BCUT2D eigenvalue weighted by molar-refractivity contribution is 0.526. The Hall–Kier alpha value is -1.64. The number of hydrogen-bond donors (Lipinski definition) is 1. The molecule has 18 heavy (non-hydrogen) atoms. The predicted molar refractivity (Wildman–Crippen MR) is 76.7 cm³/mol. The fraction of sp³-hybridized carbons (Fsp3) is 0.467. The standard InChI is InChI=1S/C15H21N3/c1-11(2)8-9-12(3)17-15-16-10-13-6-4-5-7-14(13)18-15/h4-7,10-12H,8-9H2,1-3H3,(H,16,17,18). The first kappa shape index (κ1) is 12.8. The second kappa shape index (κ2) is 5.80. The second-order valence-corrected chi connectivity index (χ2v) is 5.27. The molecular weight excluding hydrogens is 222 g/mol. The molecule has 1 unspecified atom stereocenters. The van der Waals surface area contributed by atoms with Gasteiger partial charge in [0.1, 0.15) is 0 Å². The molecule has 0 aliphatic carbocycles. The molecule has 0 spiro atoms. The van der Waals surface area contributed by atoms with Crippen molar-refractivity contribution in [3.05, 3.63) is 30.5 Å². The third-order valence-corrected chi connectivity index (χ3v) is 3.04. The lowest BCUT2D eigenvalue weighted by atomic mass is 10.0. The zero-order valence-electron chi connectivity index (χ0n) is 11.4. The van der Waals surface area contributed by atoms with Crippen molar-refractivity contribution in [1.82, 2.24) is 9.97 Å². The van der Waals surface area contributed by atoms with Gasteiger partial charge in [-0.2, -0.15) is 0 Å². The predicted octanol–water partition coefficient (Wildman–Crippen LogP) is 3.87. The van der Waals surface area contributed by atoms with Crippen molar-refractivity contribution < 1.29 is 0 Å². The SMILES string of the molecule is CC(C)CCC(C)Nc1ncc2ccccc2n1. The number of para-hydroxylation sites is 1. The van der Waals surface area contributed by atoms with Gasteiger partial charge < -0.3 is 5.32 Å². The molecule has 2 rings (SSSR count). The van der Waals surface area contributed by atoms with Crippen LogP contribution in [0.2, 0.25) is 0 Å². The van der Waals surface area contributed by atoms with E-state index in [1.54, 1.807) is 0 Å². The summed E-state index contributed by atoms with van der Waals surface area (Å²) in [5.41, 5.74) is 0.992. The summed E-state index contributed by atoms with van der Waals surface area (Å²) in [5.74, 6) is 1.47. The highest BCUT2D eigenvalue weighted by Gasteiger charge is 2.06. The fourth-order valence-electron chi connectivity index (χ4n) is 1.92. The van der Waals surface area contributed by atoms with Crippen LogP contribution in [0.1, 0.15) is 33.6 Å². The summed E-state index contributed by atoms with van der Waals surface area (Å²) in [7, 11) is 0. The number of fused-ring (bicyclic) bond motifs is 1. The lowest BCUT2D eigenvalue weighted by Crippen LogP contribution is -2.17. The largest absolute Gasteiger partial charge is 0.352 e. The number of hydrogen-bond acceptors (Lipinski definition) is 3. The molecule has 2 aromatic rings. The Morgan fingerprint density at radius 3 is 2.67 bits per heavy atom. The maximum Gasteiger partial charge on any atom is 0.223 e. The van der Waals surface area contributed by atoms with Crippen LogP contribution in [-0.2, 0) is 0 Å². The van der Waals surface area contributed by atoms with E-state index in [0.29, 0.717) is 6.04 Å². The molecule has 1 aromatic heterocycles. The zero-order chi connectivity index (χ0) is 13.0. The molecule has 0 aliphatic rings. The van der Waals surface area contributed by atoms with Crippen LogP contribution in [0.3, 0.4) is 0 Å². The molecule has 0 aliphatic heterocycles. The molecule has 0 amide bonds. The monoisotopic (exact) mass is 243 g/mol. The van der Waals surface area contributed by atoms with Gasteiger partial charge in [0.25, 0.3) is 0 Å². The quantitative estimate of drug-likeness (QED) is 0.866. The first-order chi connectivity index (χ1) is 8.65. The summed E-state index contributed by atoms with van der Waals surface area (Å²) in [6, 6.07) is 8.46. The number of aromatic nitrogens is 2. The minimum atomic E-state index is 0.411. The van der Waals surface area contributed by atoms with Gasteiger partial charge in [-0.3, -0.25) is 0 Å². The van der Waals surface area contributed by atoms with Gasteiger partial charge in [-0.15, -0.1) is 0 Å². The van der Waals surface area contributed by atoms with Gasteiger partial charge in [0.2, 0.25) is 5.95 Å². The Morgan fingerprint density at radius 1 is 1.11 bits per heavy atom. The average Bonchev–Trinajstić information content (AvgIpc) is 2.36. The summed E-state index contributed by atoms with van der Waals surface area (Å²) in [5, 5.41) is 4.45. The molecule has 1 atom stereocenters. The molecule has 1 N–H and O–H groups in total. The Morgan fingerprint density at radius 2 is 1.89 bits per heavy atom. The molecule has 0 radical (unpaired) electrons. The minimum Gasteiger partial charge on any atom is -0.352 e. The van der Waals surface area contributed by atoms with Crippen LogP contribution < -0.4 is 5.32 Å². The van der Waals surface area contributed by atoms with Crippen LogP contribution in [-0.4, -0.2) is 16.0 Å². The number of nitrogens with one attached hydrogen (secondary N) is 1. The van der Waals surface area contributed by atoms with Crippen molar-refractivity contribution in [3.63, 3.8) is 0 Å². The summed E-state index contributed by atoms with van der Waals surface area (Å²) >= 11 is 0. The summed E-state index contributed by atoms with van der Waals surface area (Å²) in [6.45, 7) is 6.68. The van der Waals surface area contributed by atoms with Crippen LogP contribution >= 0.6 is 0 Å². The molecule has 3 heteroatoms. The Balaban J connectivity index is 2.03. The lowest BCUT2D eigenvalue weighted by Gasteiger charge is -2.15. The first-order valence-corrected chi connectivity index (χ1v) is 6.63. The van der Waals surface area contributed by atoms with Crippen molar-refractivity contribution >= 4 is 16.9 Å². The average molecular weight is 243 g/mol. The van der Waals surface area contributed by atoms with Crippen molar-refractivity contribution in [3.8, 4) is 0 Å². The van der Waals surface area contributed by atoms with E-state index >= 15 is 0 Å². The maximum absolute atomic E-state index is 4.52. The Labute approximate surface area is 109 Å².